The molecule has 0 radical (unpaired) electrons. The van der Waals surface area contributed by atoms with Gasteiger partial charge >= 0.3 is 0 Å². The molecule has 13 nitrogen and oxygen atoms in total. The molecular formula is C41H76O13S. The Kier molecular flexibility index (Phi) is 39.8. The van der Waals surface area contributed by atoms with Crippen LogP contribution >= 0.6 is 0 Å². The summed E-state index contributed by atoms with van der Waals surface area (Å²) in [6, 6.07) is 8.00. The molecule has 0 heterocycles. The maximum atomic E-state index is 12.0. The second kappa shape index (κ2) is 42.3. The first-order valence-electron chi connectivity index (χ1n) is 20.9. The lowest BCUT2D eigenvalue weighted by Crippen LogP contribution is -2.15. The lowest BCUT2D eigenvalue weighted by Gasteiger charge is -2.09. The number of ether oxygens (including phenoxy) is 10. The van der Waals surface area contributed by atoms with E-state index in [0.717, 1.165) is 13.0 Å². The lowest BCUT2D eigenvalue weighted by molar-refractivity contribution is -0.0267. The van der Waals surface area contributed by atoms with Crippen LogP contribution in [0.25, 0.3) is 0 Å². The van der Waals surface area contributed by atoms with Crippen molar-refractivity contribution in [3.63, 3.8) is 0 Å². The molecule has 14 heteroatoms. The summed E-state index contributed by atoms with van der Waals surface area (Å²) in [7, 11) is -3.76. The van der Waals surface area contributed by atoms with E-state index in [4.69, 9.17) is 51.6 Å². The highest BCUT2D eigenvalue weighted by atomic mass is 32.2. The maximum absolute atomic E-state index is 12.0. The summed E-state index contributed by atoms with van der Waals surface area (Å²) >= 11 is 0. The summed E-state index contributed by atoms with van der Waals surface area (Å²) in [5, 5.41) is 0. The van der Waals surface area contributed by atoms with Gasteiger partial charge < -0.3 is 47.4 Å². The average molecular weight is 809 g/mol. The predicted molar refractivity (Wildman–Crippen MR) is 213 cm³/mol. The van der Waals surface area contributed by atoms with E-state index >= 15 is 0 Å². The molecule has 0 saturated heterocycles. The smallest absolute Gasteiger partial charge is 0.297 e. The van der Waals surface area contributed by atoms with Crippen molar-refractivity contribution in [2.45, 2.75) is 95.3 Å². The molecule has 55 heavy (non-hydrogen) atoms. The second-order valence-electron chi connectivity index (χ2n) is 13.0. The molecule has 0 N–H and O–H groups in total. The normalized spacial score (nSPS) is 11.9. The van der Waals surface area contributed by atoms with E-state index in [0.29, 0.717) is 119 Å². The Morgan fingerprint density at radius 3 is 0.891 bits per heavy atom. The fourth-order valence-corrected chi connectivity index (χ4v) is 6.08. The van der Waals surface area contributed by atoms with Crippen molar-refractivity contribution in [3.05, 3.63) is 30.3 Å². The summed E-state index contributed by atoms with van der Waals surface area (Å²) < 4.78 is 83.9. The van der Waals surface area contributed by atoms with E-state index in [1.54, 1.807) is 18.2 Å². The van der Waals surface area contributed by atoms with Gasteiger partial charge in [-0.15, -0.1) is 0 Å². The van der Waals surface area contributed by atoms with Crippen molar-refractivity contribution in [2.75, 3.05) is 139 Å². The molecule has 0 aliphatic rings. The molecule has 0 aliphatic carbocycles. The summed E-state index contributed by atoms with van der Waals surface area (Å²) in [5.74, 6) is 0. The first-order valence-corrected chi connectivity index (χ1v) is 22.3. The highest BCUT2D eigenvalue weighted by Gasteiger charge is 2.13. The summed E-state index contributed by atoms with van der Waals surface area (Å²) in [4.78, 5) is 0.123. The fourth-order valence-electron chi connectivity index (χ4n) is 5.16. The first-order chi connectivity index (χ1) is 27.2. The van der Waals surface area contributed by atoms with Crippen LogP contribution in [0.15, 0.2) is 35.2 Å². The topological polar surface area (TPSA) is 136 Å². The van der Waals surface area contributed by atoms with Gasteiger partial charge in [-0.05, 0) is 18.6 Å². The van der Waals surface area contributed by atoms with Gasteiger partial charge in [-0.3, -0.25) is 4.18 Å². The van der Waals surface area contributed by atoms with Crippen LogP contribution in [0, 0.1) is 0 Å². The van der Waals surface area contributed by atoms with Gasteiger partial charge in [0.15, 0.2) is 0 Å². The molecule has 0 fully saturated rings. The highest BCUT2D eigenvalue weighted by molar-refractivity contribution is 7.86. The molecule has 324 valence electrons. The Bertz CT molecular complexity index is 988. The minimum Gasteiger partial charge on any atom is -0.379 e. The Hall–Kier alpha value is -1.27. The van der Waals surface area contributed by atoms with Crippen molar-refractivity contribution in [3.8, 4) is 0 Å². The fraction of sp³-hybridized carbons (Fsp3) is 0.854. The lowest BCUT2D eigenvalue weighted by atomic mass is 10.0. The molecule has 0 bridgehead atoms. The van der Waals surface area contributed by atoms with Crippen molar-refractivity contribution < 1.29 is 60.0 Å². The van der Waals surface area contributed by atoms with E-state index in [1.165, 1.54) is 89.2 Å². The van der Waals surface area contributed by atoms with Gasteiger partial charge in [0.25, 0.3) is 10.1 Å². The zero-order chi connectivity index (χ0) is 39.4. The summed E-state index contributed by atoms with van der Waals surface area (Å²) in [6.07, 6.45) is 17.7. The van der Waals surface area contributed by atoms with Crippen molar-refractivity contribution in [1.82, 2.24) is 0 Å². The molecule has 0 unspecified atom stereocenters. The summed E-state index contributed by atoms with van der Waals surface area (Å²) in [5.41, 5.74) is 0. The number of rotatable bonds is 46. The van der Waals surface area contributed by atoms with Crippen LogP contribution in [0.5, 0.6) is 0 Å². The molecule has 1 aromatic rings. The molecule has 0 atom stereocenters. The Morgan fingerprint density at radius 2 is 0.582 bits per heavy atom. The molecule has 0 amide bonds. The van der Waals surface area contributed by atoms with Crippen LogP contribution in [-0.2, 0) is 61.7 Å². The maximum Gasteiger partial charge on any atom is 0.297 e. The standard InChI is InChI=1S/C41H76O13S/c1-2-3-4-5-6-7-8-9-10-11-12-13-17-20-44-21-22-45-23-24-46-25-26-47-27-28-48-29-30-49-31-32-50-33-34-51-35-36-52-37-38-53-39-40-54-55(42,43)41-18-15-14-16-19-41/h14-16,18-19H,2-13,17,20-40H2,1H3. The van der Waals surface area contributed by atoms with Gasteiger partial charge in [0.05, 0.1) is 137 Å². The first kappa shape index (κ1) is 51.7. The van der Waals surface area contributed by atoms with Gasteiger partial charge in [0.1, 0.15) is 0 Å². The molecule has 1 rings (SSSR count). The minimum absolute atomic E-state index is 0.0557. The van der Waals surface area contributed by atoms with E-state index < -0.39 is 10.1 Å². The minimum atomic E-state index is -3.76. The largest absolute Gasteiger partial charge is 0.379 e. The molecule has 0 spiro atoms. The van der Waals surface area contributed by atoms with Crippen LogP contribution in [0.2, 0.25) is 0 Å². The van der Waals surface area contributed by atoms with Gasteiger partial charge in [-0.1, -0.05) is 102 Å². The Morgan fingerprint density at radius 1 is 0.327 bits per heavy atom. The zero-order valence-corrected chi connectivity index (χ0v) is 35.0. The van der Waals surface area contributed by atoms with Crippen LogP contribution in [0.4, 0.5) is 0 Å². The van der Waals surface area contributed by atoms with Crippen LogP contribution < -0.4 is 0 Å². The van der Waals surface area contributed by atoms with Crippen LogP contribution in [-0.4, -0.2) is 147 Å². The number of benzene rings is 1. The van der Waals surface area contributed by atoms with Gasteiger partial charge in [0, 0.05) is 6.61 Å². The van der Waals surface area contributed by atoms with E-state index in [2.05, 4.69) is 6.92 Å². The average Bonchev–Trinajstić information content (AvgIpc) is 3.20. The van der Waals surface area contributed by atoms with E-state index in [9.17, 15) is 8.42 Å². The van der Waals surface area contributed by atoms with E-state index in [1.807, 2.05) is 0 Å². The monoisotopic (exact) mass is 809 g/mol. The number of unbranched alkanes of at least 4 members (excludes halogenated alkanes) is 12. The van der Waals surface area contributed by atoms with E-state index in [-0.39, 0.29) is 18.1 Å². The van der Waals surface area contributed by atoms with Gasteiger partial charge in [-0.25, -0.2) is 0 Å². The number of hydrogen-bond acceptors (Lipinski definition) is 13. The Balaban J connectivity index is 1.63. The van der Waals surface area contributed by atoms with Crippen LogP contribution in [0.3, 0.4) is 0 Å². The van der Waals surface area contributed by atoms with Gasteiger partial charge in [0.2, 0.25) is 0 Å². The van der Waals surface area contributed by atoms with Crippen molar-refractivity contribution >= 4 is 10.1 Å². The highest BCUT2D eigenvalue weighted by Crippen LogP contribution is 2.13. The Labute approximate surface area is 333 Å². The molecule has 0 aliphatic heterocycles. The SMILES string of the molecule is CCCCCCCCCCCCCCCOCCOCCOCCOCCOCCOCCOCCOCCOCCOCCOS(=O)(=O)c1ccccc1. The van der Waals surface area contributed by atoms with Gasteiger partial charge in [-0.2, -0.15) is 8.42 Å². The molecule has 0 aromatic heterocycles. The number of hydrogen-bond donors (Lipinski definition) is 0. The second-order valence-corrected chi connectivity index (χ2v) is 14.6. The third-order valence-electron chi connectivity index (χ3n) is 8.24. The predicted octanol–water partition coefficient (Wildman–Crippen LogP) is 6.65. The van der Waals surface area contributed by atoms with Crippen LogP contribution in [0.1, 0.15) is 90.4 Å². The molecule has 0 saturated carbocycles. The summed E-state index contributed by atoms with van der Waals surface area (Å²) in [6.45, 7) is 12.1. The molecule has 1 aromatic carbocycles. The van der Waals surface area contributed by atoms with Crippen molar-refractivity contribution in [1.29, 1.82) is 0 Å². The molecular weight excluding hydrogens is 733 g/mol. The quantitative estimate of drug-likeness (QED) is 0.0515. The van der Waals surface area contributed by atoms with Crippen molar-refractivity contribution in [2.24, 2.45) is 0 Å². The third-order valence-corrected chi connectivity index (χ3v) is 9.56. The third kappa shape index (κ3) is 38.0. The zero-order valence-electron chi connectivity index (χ0n) is 34.1.